The van der Waals surface area contributed by atoms with Crippen LogP contribution in [0.2, 0.25) is 0 Å². The van der Waals surface area contributed by atoms with Crippen LogP contribution in [0.5, 0.6) is 0 Å². The van der Waals surface area contributed by atoms with Crippen LogP contribution in [-0.4, -0.2) is 47.6 Å². The van der Waals surface area contributed by atoms with E-state index in [9.17, 15) is 4.79 Å². The minimum atomic E-state index is -0.246. The molecular formula is C16H29N5O2. The Bertz CT molecular complexity index is 514. The van der Waals surface area contributed by atoms with Gasteiger partial charge in [-0.2, -0.15) is 4.98 Å². The summed E-state index contributed by atoms with van der Waals surface area (Å²) in [5.74, 6) is 1.70. The average Bonchev–Trinajstić information content (AvgIpc) is 2.93. The average molecular weight is 323 g/mol. The van der Waals surface area contributed by atoms with Gasteiger partial charge >= 0.3 is 0 Å². The Morgan fingerprint density at radius 2 is 2.17 bits per heavy atom. The van der Waals surface area contributed by atoms with E-state index < -0.39 is 0 Å². The molecule has 2 N–H and O–H groups in total. The summed E-state index contributed by atoms with van der Waals surface area (Å²) < 4.78 is 5.47. The Balaban J connectivity index is 2.09. The summed E-state index contributed by atoms with van der Waals surface area (Å²) in [4.78, 5) is 18.9. The number of nitrogens with one attached hydrogen (secondary N) is 2. The zero-order valence-electron chi connectivity index (χ0n) is 14.8. The molecule has 1 aromatic heterocycles. The highest BCUT2D eigenvalue weighted by molar-refractivity contribution is 5.76. The number of carbonyl (C=O) groups is 1. The van der Waals surface area contributed by atoms with Gasteiger partial charge in [-0.15, -0.1) is 0 Å². The fourth-order valence-corrected chi connectivity index (χ4v) is 2.72. The third-order valence-electron chi connectivity index (χ3n) is 4.11. The number of rotatable bonds is 6. The monoisotopic (exact) mass is 323 g/mol. The van der Waals surface area contributed by atoms with Crippen molar-refractivity contribution >= 4 is 5.91 Å². The lowest BCUT2D eigenvalue weighted by Gasteiger charge is -2.30. The molecule has 2 heterocycles. The van der Waals surface area contributed by atoms with Gasteiger partial charge in [-0.1, -0.05) is 32.9 Å². The smallest absolute Gasteiger partial charge is 0.249 e. The number of aromatic nitrogens is 2. The topological polar surface area (TPSA) is 83.3 Å². The number of carbonyl (C=O) groups excluding carboxylic acids is 1. The minimum absolute atomic E-state index is 0.0231. The van der Waals surface area contributed by atoms with Gasteiger partial charge in [0, 0.05) is 26.1 Å². The summed E-state index contributed by atoms with van der Waals surface area (Å²) >= 11 is 0. The molecule has 1 aliphatic rings. The molecule has 1 saturated heterocycles. The molecule has 0 saturated carbocycles. The maximum atomic E-state index is 12.1. The predicted octanol–water partition coefficient (Wildman–Crippen LogP) is 1.51. The van der Waals surface area contributed by atoms with E-state index in [1.165, 1.54) is 0 Å². The first kappa shape index (κ1) is 17.9. The van der Waals surface area contributed by atoms with Gasteiger partial charge in [-0.3, -0.25) is 9.69 Å². The normalized spacial score (nSPS) is 20.9. The molecule has 23 heavy (non-hydrogen) atoms. The van der Waals surface area contributed by atoms with Gasteiger partial charge in [0.15, 0.2) is 5.82 Å². The van der Waals surface area contributed by atoms with Crippen LogP contribution in [-0.2, 0) is 4.79 Å². The predicted molar refractivity (Wildman–Crippen MR) is 87.7 cm³/mol. The molecule has 2 unspecified atom stereocenters. The second kappa shape index (κ2) is 7.88. The number of hydrogen-bond acceptors (Lipinski definition) is 6. The molecule has 0 spiro atoms. The van der Waals surface area contributed by atoms with Crippen LogP contribution in [0.3, 0.4) is 0 Å². The lowest BCUT2D eigenvalue weighted by atomic mass is 10.0. The largest absolute Gasteiger partial charge is 0.344 e. The van der Waals surface area contributed by atoms with Crippen molar-refractivity contribution in [1.82, 2.24) is 25.7 Å². The number of amides is 1. The molecule has 130 valence electrons. The molecule has 1 aliphatic heterocycles. The van der Waals surface area contributed by atoms with Crippen LogP contribution in [0, 0.1) is 11.8 Å². The van der Waals surface area contributed by atoms with E-state index in [0.717, 1.165) is 19.6 Å². The van der Waals surface area contributed by atoms with Crippen molar-refractivity contribution in [3.05, 3.63) is 11.7 Å². The Hall–Kier alpha value is -1.47. The fourth-order valence-electron chi connectivity index (χ4n) is 2.72. The van der Waals surface area contributed by atoms with E-state index in [0.29, 0.717) is 24.1 Å². The second-order valence-corrected chi connectivity index (χ2v) is 7.08. The van der Waals surface area contributed by atoms with Gasteiger partial charge in [0.25, 0.3) is 0 Å². The van der Waals surface area contributed by atoms with Crippen molar-refractivity contribution in [3.8, 4) is 0 Å². The van der Waals surface area contributed by atoms with Crippen molar-refractivity contribution in [2.75, 3.05) is 26.7 Å². The van der Waals surface area contributed by atoms with Crippen molar-refractivity contribution in [3.63, 3.8) is 0 Å². The Labute approximate surface area is 138 Å². The van der Waals surface area contributed by atoms with Crippen LogP contribution in [0.15, 0.2) is 4.52 Å². The Morgan fingerprint density at radius 3 is 2.78 bits per heavy atom. The second-order valence-electron chi connectivity index (χ2n) is 7.08. The highest BCUT2D eigenvalue weighted by Crippen LogP contribution is 2.24. The summed E-state index contributed by atoms with van der Waals surface area (Å²) in [5, 5.41) is 10.5. The molecule has 0 radical (unpaired) electrons. The highest BCUT2D eigenvalue weighted by atomic mass is 16.5. The van der Waals surface area contributed by atoms with Crippen LogP contribution in [0.25, 0.3) is 0 Å². The van der Waals surface area contributed by atoms with Crippen molar-refractivity contribution < 1.29 is 9.32 Å². The first-order chi connectivity index (χ1) is 10.9. The number of likely N-dealkylation sites (N-methyl/N-ethyl adjacent to an activating group) is 1. The molecule has 2 rings (SSSR count). The zero-order chi connectivity index (χ0) is 17.0. The van der Waals surface area contributed by atoms with E-state index in [2.05, 4.69) is 32.7 Å². The third-order valence-corrected chi connectivity index (χ3v) is 4.11. The lowest BCUT2D eigenvalue weighted by Crippen LogP contribution is -2.44. The Kier molecular flexibility index (Phi) is 6.12. The third kappa shape index (κ3) is 4.75. The number of hydrogen-bond donors (Lipinski definition) is 2. The molecule has 0 aliphatic carbocycles. The lowest BCUT2D eigenvalue weighted by molar-refractivity contribution is -0.123. The van der Waals surface area contributed by atoms with Gasteiger partial charge in [-0.05, 0) is 18.9 Å². The first-order valence-electron chi connectivity index (χ1n) is 8.42. The summed E-state index contributed by atoms with van der Waals surface area (Å²) in [6, 6.07) is -0.134. The SMILES string of the molecule is CC(C)CC(=O)NC(c1nc(C2CNCCN2C)no1)C(C)C. The van der Waals surface area contributed by atoms with Crippen molar-refractivity contribution in [2.24, 2.45) is 11.8 Å². The molecule has 0 aromatic carbocycles. The summed E-state index contributed by atoms with van der Waals surface area (Å²) in [5.41, 5.74) is 0. The molecule has 2 atom stereocenters. The van der Waals surface area contributed by atoms with Crippen molar-refractivity contribution in [2.45, 2.75) is 46.2 Å². The van der Waals surface area contributed by atoms with Crippen molar-refractivity contribution in [1.29, 1.82) is 0 Å². The maximum absolute atomic E-state index is 12.1. The molecule has 7 nitrogen and oxygen atoms in total. The number of piperazine rings is 1. The first-order valence-corrected chi connectivity index (χ1v) is 8.42. The molecule has 1 amide bonds. The van der Waals surface area contributed by atoms with Crippen LogP contribution >= 0.6 is 0 Å². The molecule has 1 fully saturated rings. The molecule has 7 heteroatoms. The molecule has 1 aromatic rings. The van der Waals surface area contributed by atoms with Gasteiger partial charge in [0.2, 0.25) is 11.8 Å². The van der Waals surface area contributed by atoms with E-state index in [1.807, 2.05) is 27.7 Å². The fraction of sp³-hybridized carbons (Fsp3) is 0.812. The minimum Gasteiger partial charge on any atom is -0.344 e. The van der Waals surface area contributed by atoms with E-state index in [1.54, 1.807) is 0 Å². The summed E-state index contributed by atoms with van der Waals surface area (Å²) in [6.07, 6.45) is 0.500. The number of nitrogens with zero attached hydrogens (tertiary/aromatic N) is 3. The highest BCUT2D eigenvalue weighted by Gasteiger charge is 2.29. The molecule has 0 bridgehead atoms. The summed E-state index contributed by atoms with van der Waals surface area (Å²) in [7, 11) is 2.06. The van der Waals surface area contributed by atoms with Gasteiger partial charge < -0.3 is 15.2 Å². The Morgan fingerprint density at radius 1 is 1.43 bits per heavy atom. The van der Waals surface area contributed by atoms with E-state index in [4.69, 9.17) is 4.52 Å². The van der Waals surface area contributed by atoms with Crippen LogP contribution < -0.4 is 10.6 Å². The quantitative estimate of drug-likeness (QED) is 0.825. The van der Waals surface area contributed by atoms with E-state index in [-0.39, 0.29) is 23.9 Å². The van der Waals surface area contributed by atoms with E-state index >= 15 is 0 Å². The van der Waals surface area contributed by atoms with Gasteiger partial charge in [0.1, 0.15) is 6.04 Å². The van der Waals surface area contributed by atoms with Crippen LogP contribution in [0.4, 0.5) is 0 Å². The molecular weight excluding hydrogens is 294 g/mol. The summed E-state index contributed by atoms with van der Waals surface area (Å²) in [6.45, 7) is 10.9. The van der Waals surface area contributed by atoms with Crippen LogP contribution in [0.1, 0.15) is 57.9 Å². The van der Waals surface area contributed by atoms with Gasteiger partial charge in [0.05, 0.1) is 6.04 Å². The van der Waals surface area contributed by atoms with Gasteiger partial charge in [-0.25, -0.2) is 0 Å². The zero-order valence-corrected chi connectivity index (χ0v) is 14.8. The standard InChI is InChI=1S/C16H29N5O2/c1-10(2)8-13(22)18-14(11(3)4)16-19-15(20-23-16)12-9-17-6-7-21(12)5/h10-12,14,17H,6-9H2,1-5H3,(H,18,22). The maximum Gasteiger partial charge on any atom is 0.249 e.